The molecule has 1 unspecified atom stereocenters. The second kappa shape index (κ2) is 6.72. The van der Waals surface area contributed by atoms with Gasteiger partial charge in [0.15, 0.2) is 0 Å². The molecule has 0 bridgehead atoms. The van der Waals surface area contributed by atoms with Crippen molar-refractivity contribution in [2.75, 3.05) is 10.6 Å². The Bertz CT molecular complexity index is 517. The highest BCUT2D eigenvalue weighted by molar-refractivity contribution is 5.97. The van der Waals surface area contributed by atoms with E-state index in [0.717, 1.165) is 16.9 Å². The molecule has 0 fully saturated rings. The first kappa shape index (κ1) is 16.5. The van der Waals surface area contributed by atoms with Crippen LogP contribution in [-0.4, -0.2) is 17.9 Å². The van der Waals surface area contributed by atoms with Gasteiger partial charge in [0.05, 0.1) is 6.04 Å². The quantitative estimate of drug-likeness (QED) is 0.797. The van der Waals surface area contributed by atoms with Crippen molar-refractivity contribution in [1.29, 1.82) is 0 Å². The zero-order valence-corrected chi connectivity index (χ0v) is 12.4. The Morgan fingerprint density at radius 1 is 1.35 bits per heavy atom. The second-order valence-corrected chi connectivity index (χ2v) is 5.18. The van der Waals surface area contributed by atoms with Crippen LogP contribution in [0.4, 0.5) is 11.4 Å². The number of nitrogens with one attached hydrogen (secondary N) is 2. The molecule has 2 rings (SSSR count). The molecule has 4 N–H and O–H groups in total. The molecule has 1 atom stereocenters. The molecule has 0 spiro atoms. The lowest BCUT2D eigenvalue weighted by Crippen LogP contribution is -2.39. The van der Waals surface area contributed by atoms with Crippen LogP contribution in [0, 0.1) is 5.92 Å². The lowest BCUT2D eigenvalue weighted by molar-refractivity contribution is -0.118. The van der Waals surface area contributed by atoms with Crippen LogP contribution in [0.25, 0.3) is 0 Å². The van der Waals surface area contributed by atoms with Gasteiger partial charge in [-0.3, -0.25) is 9.59 Å². The number of aryl methyl sites for hydroxylation is 1. The van der Waals surface area contributed by atoms with Crippen molar-refractivity contribution in [3.05, 3.63) is 23.8 Å². The van der Waals surface area contributed by atoms with Gasteiger partial charge < -0.3 is 16.4 Å². The van der Waals surface area contributed by atoms with Crippen LogP contribution in [0.1, 0.15) is 25.8 Å². The number of benzene rings is 1. The number of hydrogen-bond acceptors (Lipinski definition) is 3. The predicted molar refractivity (Wildman–Crippen MR) is 82.1 cm³/mol. The molecule has 110 valence electrons. The SMILES string of the molecule is CC(C)C(N)C(=O)Nc1ccc2c(c1)CCC(=O)N2.Cl. The Hall–Kier alpha value is -1.59. The third kappa shape index (κ3) is 3.71. The largest absolute Gasteiger partial charge is 0.326 e. The van der Waals surface area contributed by atoms with Gasteiger partial charge in [0.25, 0.3) is 0 Å². The lowest BCUT2D eigenvalue weighted by Gasteiger charge is -2.19. The minimum Gasteiger partial charge on any atom is -0.326 e. The van der Waals surface area contributed by atoms with Gasteiger partial charge in [-0.25, -0.2) is 0 Å². The number of amides is 2. The summed E-state index contributed by atoms with van der Waals surface area (Å²) in [4.78, 5) is 23.1. The molecular weight excluding hydrogens is 278 g/mol. The summed E-state index contributed by atoms with van der Waals surface area (Å²) in [6.45, 7) is 3.82. The molecule has 1 aromatic carbocycles. The Morgan fingerprint density at radius 2 is 2.05 bits per heavy atom. The summed E-state index contributed by atoms with van der Waals surface area (Å²) in [5, 5.41) is 5.61. The Labute approximate surface area is 124 Å². The Kier molecular flexibility index (Phi) is 5.53. The fourth-order valence-electron chi connectivity index (χ4n) is 1.99. The van der Waals surface area contributed by atoms with Crippen LogP contribution in [0.2, 0.25) is 0 Å². The molecule has 0 aliphatic carbocycles. The molecule has 1 aliphatic rings. The standard InChI is InChI=1S/C14H19N3O2.ClH/c1-8(2)13(15)14(19)16-10-4-5-11-9(7-10)3-6-12(18)17-11;/h4-5,7-8,13H,3,6,15H2,1-2H3,(H,16,19)(H,17,18);1H. The summed E-state index contributed by atoms with van der Waals surface area (Å²) >= 11 is 0. The van der Waals surface area contributed by atoms with E-state index in [4.69, 9.17) is 5.73 Å². The second-order valence-electron chi connectivity index (χ2n) is 5.18. The van der Waals surface area contributed by atoms with E-state index in [2.05, 4.69) is 10.6 Å². The minimum absolute atomic E-state index is 0. The summed E-state index contributed by atoms with van der Waals surface area (Å²) in [7, 11) is 0. The number of rotatable bonds is 3. The molecule has 0 saturated carbocycles. The summed E-state index contributed by atoms with van der Waals surface area (Å²) in [6, 6.07) is 4.95. The molecule has 20 heavy (non-hydrogen) atoms. The zero-order valence-electron chi connectivity index (χ0n) is 11.6. The lowest BCUT2D eigenvalue weighted by atomic mass is 10.0. The molecule has 5 nitrogen and oxygen atoms in total. The van der Waals surface area contributed by atoms with E-state index in [1.807, 2.05) is 26.0 Å². The molecule has 0 radical (unpaired) electrons. The van der Waals surface area contributed by atoms with Crippen LogP contribution in [0.15, 0.2) is 18.2 Å². The van der Waals surface area contributed by atoms with Crippen molar-refractivity contribution in [2.24, 2.45) is 11.7 Å². The number of halogens is 1. The highest BCUT2D eigenvalue weighted by Crippen LogP contribution is 2.25. The van der Waals surface area contributed by atoms with Gasteiger partial charge in [0, 0.05) is 17.8 Å². The Morgan fingerprint density at radius 3 is 2.70 bits per heavy atom. The number of fused-ring (bicyclic) bond motifs is 1. The summed E-state index contributed by atoms with van der Waals surface area (Å²) in [5.41, 5.74) is 8.37. The van der Waals surface area contributed by atoms with Crippen molar-refractivity contribution < 1.29 is 9.59 Å². The van der Waals surface area contributed by atoms with E-state index in [0.29, 0.717) is 12.8 Å². The highest BCUT2D eigenvalue weighted by Gasteiger charge is 2.19. The zero-order chi connectivity index (χ0) is 14.0. The summed E-state index contributed by atoms with van der Waals surface area (Å²) in [6.07, 6.45) is 1.18. The third-order valence-electron chi connectivity index (χ3n) is 3.29. The number of anilines is 2. The van der Waals surface area contributed by atoms with Gasteiger partial charge >= 0.3 is 0 Å². The average Bonchev–Trinajstić information content (AvgIpc) is 2.37. The monoisotopic (exact) mass is 297 g/mol. The molecule has 2 amide bonds. The van der Waals surface area contributed by atoms with Gasteiger partial charge in [-0.15, -0.1) is 12.4 Å². The van der Waals surface area contributed by atoms with Crippen molar-refractivity contribution >= 4 is 35.6 Å². The van der Waals surface area contributed by atoms with Crippen molar-refractivity contribution in [3.8, 4) is 0 Å². The van der Waals surface area contributed by atoms with E-state index in [-0.39, 0.29) is 30.1 Å². The van der Waals surface area contributed by atoms with Crippen LogP contribution in [0.5, 0.6) is 0 Å². The predicted octanol–water partition coefficient (Wildman–Crippen LogP) is 1.91. The van der Waals surface area contributed by atoms with Gasteiger partial charge in [0.2, 0.25) is 11.8 Å². The first-order valence-corrected chi connectivity index (χ1v) is 6.46. The smallest absolute Gasteiger partial charge is 0.241 e. The molecule has 1 aromatic rings. The van der Waals surface area contributed by atoms with Gasteiger partial charge in [0.1, 0.15) is 0 Å². The number of hydrogen-bond donors (Lipinski definition) is 3. The maximum atomic E-state index is 11.9. The summed E-state index contributed by atoms with van der Waals surface area (Å²) in [5.74, 6) is -0.0576. The first-order chi connectivity index (χ1) is 8.97. The summed E-state index contributed by atoms with van der Waals surface area (Å²) < 4.78 is 0. The van der Waals surface area contributed by atoms with E-state index in [1.165, 1.54) is 0 Å². The van der Waals surface area contributed by atoms with Crippen molar-refractivity contribution in [3.63, 3.8) is 0 Å². The van der Waals surface area contributed by atoms with Crippen LogP contribution >= 0.6 is 12.4 Å². The highest BCUT2D eigenvalue weighted by atomic mass is 35.5. The molecule has 0 aromatic heterocycles. The molecule has 6 heteroatoms. The van der Waals surface area contributed by atoms with E-state index in [9.17, 15) is 9.59 Å². The fourth-order valence-corrected chi connectivity index (χ4v) is 1.99. The maximum absolute atomic E-state index is 11.9. The number of carbonyl (C=O) groups is 2. The molecule has 0 saturated heterocycles. The Balaban J connectivity index is 0.00000200. The average molecular weight is 298 g/mol. The van der Waals surface area contributed by atoms with E-state index < -0.39 is 6.04 Å². The van der Waals surface area contributed by atoms with Crippen LogP contribution in [-0.2, 0) is 16.0 Å². The minimum atomic E-state index is -0.518. The molecule has 1 heterocycles. The van der Waals surface area contributed by atoms with Gasteiger partial charge in [-0.1, -0.05) is 13.8 Å². The van der Waals surface area contributed by atoms with Gasteiger partial charge in [-0.2, -0.15) is 0 Å². The number of nitrogens with two attached hydrogens (primary N) is 1. The third-order valence-corrected chi connectivity index (χ3v) is 3.29. The topological polar surface area (TPSA) is 84.2 Å². The van der Waals surface area contributed by atoms with Crippen LogP contribution < -0.4 is 16.4 Å². The van der Waals surface area contributed by atoms with Crippen molar-refractivity contribution in [1.82, 2.24) is 0 Å². The number of carbonyl (C=O) groups excluding carboxylic acids is 2. The maximum Gasteiger partial charge on any atom is 0.241 e. The normalized spacial score (nSPS) is 14.9. The van der Waals surface area contributed by atoms with Gasteiger partial charge in [-0.05, 0) is 36.1 Å². The molecule has 1 aliphatic heterocycles. The van der Waals surface area contributed by atoms with Crippen LogP contribution in [0.3, 0.4) is 0 Å². The fraction of sp³-hybridized carbons (Fsp3) is 0.429. The van der Waals surface area contributed by atoms with Crippen molar-refractivity contribution in [2.45, 2.75) is 32.7 Å². The van der Waals surface area contributed by atoms with E-state index >= 15 is 0 Å². The molecular formula is C14H20ClN3O2. The van der Waals surface area contributed by atoms with E-state index in [1.54, 1.807) is 6.07 Å². The first-order valence-electron chi connectivity index (χ1n) is 6.46.